The molecule has 0 radical (unpaired) electrons. The van der Waals surface area contributed by atoms with Crippen molar-refractivity contribution >= 4 is 16.8 Å². The van der Waals surface area contributed by atoms with E-state index in [-0.39, 0.29) is 11.7 Å². The summed E-state index contributed by atoms with van der Waals surface area (Å²) in [5.41, 5.74) is 2.20. The molecule has 3 heterocycles. The van der Waals surface area contributed by atoms with E-state index in [0.717, 1.165) is 32.8 Å². The highest BCUT2D eigenvalue weighted by Crippen LogP contribution is 2.29. The number of morpholine rings is 1. The molecule has 3 aromatic rings. The zero-order valence-corrected chi connectivity index (χ0v) is 14.2. The quantitative estimate of drug-likeness (QED) is 0.649. The molecular weight excluding hydrogens is 337 g/mol. The lowest BCUT2D eigenvalue weighted by Crippen LogP contribution is -2.41. The number of fused-ring (bicyclic) bond motifs is 1. The van der Waals surface area contributed by atoms with E-state index >= 15 is 0 Å². The van der Waals surface area contributed by atoms with Crippen LogP contribution in [0.15, 0.2) is 30.5 Å². The summed E-state index contributed by atoms with van der Waals surface area (Å²) in [6, 6.07) is 6.49. The monoisotopic (exact) mass is 357 g/mol. The van der Waals surface area contributed by atoms with Crippen LogP contribution in [-0.2, 0) is 4.74 Å². The highest BCUT2D eigenvalue weighted by Gasteiger charge is 2.16. The van der Waals surface area contributed by atoms with Gasteiger partial charge < -0.3 is 15.0 Å². The number of carbonyl (C=O) groups is 1. The summed E-state index contributed by atoms with van der Waals surface area (Å²) in [4.78, 5) is 17.6. The molecule has 0 spiro atoms. The van der Waals surface area contributed by atoms with Crippen LogP contribution < -0.4 is 5.32 Å². The molecule has 1 aliphatic heterocycles. The Bertz CT molecular complexity index is 913. The third-order valence-electron chi connectivity index (χ3n) is 4.57. The molecular formula is C18H20FN5O2. The van der Waals surface area contributed by atoms with Crippen LogP contribution in [0.4, 0.5) is 4.39 Å². The van der Waals surface area contributed by atoms with E-state index in [1.165, 1.54) is 6.07 Å². The number of nitrogens with zero attached hydrogens (tertiary/aromatic N) is 2. The summed E-state index contributed by atoms with van der Waals surface area (Å²) in [7, 11) is 0. The predicted molar refractivity (Wildman–Crippen MR) is 95.4 cm³/mol. The van der Waals surface area contributed by atoms with Gasteiger partial charge in [0.15, 0.2) is 0 Å². The van der Waals surface area contributed by atoms with Crippen molar-refractivity contribution in [2.45, 2.75) is 0 Å². The van der Waals surface area contributed by atoms with Crippen LogP contribution in [0.5, 0.6) is 0 Å². The molecule has 2 aromatic heterocycles. The van der Waals surface area contributed by atoms with E-state index < -0.39 is 0 Å². The molecule has 7 nitrogen and oxygen atoms in total. The topological polar surface area (TPSA) is 86.0 Å². The molecule has 1 aromatic carbocycles. The standard InChI is InChI=1S/C18H20FN5O2/c19-13-2-1-3-14-17(13)12(11-21-14)15-10-16(23-22-15)18(25)20-4-5-24-6-8-26-9-7-24/h1-3,10-11,21H,4-9H2,(H,20,25)(H,22,23). The molecule has 4 rings (SSSR count). The number of hydrogen-bond donors (Lipinski definition) is 3. The molecule has 26 heavy (non-hydrogen) atoms. The molecule has 1 fully saturated rings. The molecule has 0 saturated carbocycles. The maximum Gasteiger partial charge on any atom is 0.269 e. The van der Waals surface area contributed by atoms with Gasteiger partial charge in [-0.15, -0.1) is 0 Å². The van der Waals surface area contributed by atoms with Crippen molar-refractivity contribution in [3.05, 3.63) is 42.0 Å². The Morgan fingerprint density at radius 2 is 2.19 bits per heavy atom. The van der Waals surface area contributed by atoms with Crippen LogP contribution in [0, 0.1) is 5.82 Å². The minimum atomic E-state index is -0.321. The number of rotatable bonds is 5. The van der Waals surface area contributed by atoms with Crippen LogP contribution in [-0.4, -0.2) is 65.4 Å². The normalized spacial score (nSPS) is 15.4. The second-order valence-electron chi connectivity index (χ2n) is 6.24. The highest BCUT2D eigenvalue weighted by atomic mass is 19.1. The summed E-state index contributed by atoms with van der Waals surface area (Å²) in [6.07, 6.45) is 1.70. The van der Waals surface area contributed by atoms with Gasteiger partial charge >= 0.3 is 0 Å². The molecule has 1 amide bonds. The third kappa shape index (κ3) is 3.33. The number of H-pyrrole nitrogens is 2. The van der Waals surface area contributed by atoms with E-state index in [4.69, 9.17) is 4.74 Å². The summed E-state index contributed by atoms with van der Waals surface area (Å²) in [5.74, 6) is -0.546. The first-order valence-corrected chi connectivity index (χ1v) is 8.62. The largest absolute Gasteiger partial charge is 0.379 e. The first-order valence-electron chi connectivity index (χ1n) is 8.62. The number of ether oxygens (including phenoxy) is 1. The second kappa shape index (κ2) is 7.27. The van der Waals surface area contributed by atoms with Gasteiger partial charge in [-0.25, -0.2) is 4.39 Å². The average Bonchev–Trinajstić information content (AvgIpc) is 3.30. The van der Waals surface area contributed by atoms with Crippen molar-refractivity contribution in [3.63, 3.8) is 0 Å². The number of hydrogen-bond acceptors (Lipinski definition) is 4. The first kappa shape index (κ1) is 16.7. The van der Waals surface area contributed by atoms with Crippen molar-refractivity contribution in [3.8, 4) is 11.3 Å². The molecule has 0 unspecified atom stereocenters. The number of benzene rings is 1. The molecule has 0 bridgehead atoms. The Morgan fingerprint density at radius 3 is 3.04 bits per heavy atom. The fourth-order valence-electron chi connectivity index (χ4n) is 3.17. The lowest BCUT2D eigenvalue weighted by atomic mass is 10.1. The van der Waals surface area contributed by atoms with E-state index in [1.807, 2.05) is 0 Å². The SMILES string of the molecule is O=C(NCCN1CCOCC1)c1cc(-c2c[nH]c3cccc(F)c23)n[nH]1. The van der Waals surface area contributed by atoms with Crippen molar-refractivity contribution in [2.24, 2.45) is 0 Å². The fraction of sp³-hybridized carbons (Fsp3) is 0.333. The third-order valence-corrected chi connectivity index (χ3v) is 4.57. The summed E-state index contributed by atoms with van der Waals surface area (Å²) >= 11 is 0. The van der Waals surface area contributed by atoms with Gasteiger partial charge in [-0.3, -0.25) is 14.8 Å². The van der Waals surface area contributed by atoms with Gasteiger partial charge in [-0.05, 0) is 18.2 Å². The van der Waals surface area contributed by atoms with E-state index in [9.17, 15) is 9.18 Å². The number of carbonyl (C=O) groups excluding carboxylic acids is 1. The minimum absolute atomic E-state index is 0.225. The van der Waals surface area contributed by atoms with Crippen LogP contribution >= 0.6 is 0 Å². The number of amides is 1. The Kier molecular flexibility index (Phi) is 4.68. The van der Waals surface area contributed by atoms with Gasteiger partial charge in [-0.1, -0.05) is 6.07 Å². The second-order valence-corrected chi connectivity index (χ2v) is 6.24. The molecule has 0 atom stereocenters. The van der Waals surface area contributed by atoms with Crippen LogP contribution in [0.25, 0.3) is 22.2 Å². The number of nitrogens with one attached hydrogen (secondary N) is 3. The van der Waals surface area contributed by atoms with Gasteiger partial charge in [0.1, 0.15) is 11.5 Å². The van der Waals surface area contributed by atoms with E-state index in [2.05, 4.69) is 25.4 Å². The summed E-state index contributed by atoms with van der Waals surface area (Å²) in [5, 5.41) is 10.3. The molecule has 136 valence electrons. The number of aromatic amines is 2. The van der Waals surface area contributed by atoms with E-state index in [0.29, 0.717) is 34.4 Å². The Balaban J connectivity index is 1.43. The maximum atomic E-state index is 14.1. The fourth-order valence-corrected chi connectivity index (χ4v) is 3.17. The van der Waals surface area contributed by atoms with Gasteiger partial charge in [-0.2, -0.15) is 5.10 Å². The Labute approximate surface area is 149 Å². The van der Waals surface area contributed by atoms with Crippen LogP contribution in [0.3, 0.4) is 0 Å². The zero-order valence-electron chi connectivity index (χ0n) is 14.2. The maximum absolute atomic E-state index is 14.1. The number of halogens is 1. The zero-order chi connectivity index (χ0) is 17.9. The van der Waals surface area contributed by atoms with Crippen LogP contribution in [0.1, 0.15) is 10.5 Å². The smallest absolute Gasteiger partial charge is 0.269 e. The molecule has 0 aliphatic carbocycles. The average molecular weight is 357 g/mol. The van der Waals surface area contributed by atoms with Gasteiger partial charge in [0.25, 0.3) is 5.91 Å². The Hall–Kier alpha value is -2.71. The molecule has 1 aliphatic rings. The van der Waals surface area contributed by atoms with Crippen molar-refractivity contribution in [1.29, 1.82) is 0 Å². The molecule has 8 heteroatoms. The first-order chi connectivity index (χ1) is 12.7. The summed E-state index contributed by atoms with van der Waals surface area (Å²) in [6.45, 7) is 4.57. The predicted octanol–water partition coefficient (Wildman–Crippen LogP) is 1.76. The lowest BCUT2D eigenvalue weighted by molar-refractivity contribution is 0.0383. The summed E-state index contributed by atoms with van der Waals surface area (Å²) < 4.78 is 19.4. The van der Waals surface area contributed by atoms with Gasteiger partial charge in [0.05, 0.1) is 18.9 Å². The van der Waals surface area contributed by atoms with Crippen molar-refractivity contribution < 1.29 is 13.9 Å². The van der Waals surface area contributed by atoms with Gasteiger partial charge in [0.2, 0.25) is 0 Å². The van der Waals surface area contributed by atoms with Crippen molar-refractivity contribution in [2.75, 3.05) is 39.4 Å². The van der Waals surface area contributed by atoms with Crippen molar-refractivity contribution in [1.82, 2.24) is 25.4 Å². The Morgan fingerprint density at radius 1 is 1.35 bits per heavy atom. The molecule has 1 saturated heterocycles. The lowest BCUT2D eigenvalue weighted by Gasteiger charge is -2.26. The van der Waals surface area contributed by atoms with E-state index in [1.54, 1.807) is 24.4 Å². The van der Waals surface area contributed by atoms with Crippen LogP contribution in [0.2, 0.25) is 0 Å². The number of aromatic nitrogens is 3. The molecule has 3 N–H and O–H groups in total. The minimum Gasteiger partial charge on any atom is -0.379 e. The van der Waals surface area contributed by atoms with Gasteiger partial charge in [0, 0.05) is 48.8 Å². The highest BCUT2D eigenvalue weighted by molar-refractivity contribution is 5.97.